The molecule has 148 valence electrons. The number of rotatable bonds is 5. The van der Waals surface area contributed by atoms with E-state index in [0.29, 0.717) is 11.3 Å². The highest BCUT2D eigenvalue weighted by Gasteiger charge is 2.33. The van der Waals surface area contributed by atoms with E-state index in [-0.39, 0.29) is 18.0 Å². The third kappa shape index (κ3) is 4.71. The fraction of sp³-hybridized carbons (Fsp3) is 0.391. The Hall–Kier alpha value is -2.82. The number of para-hydroxylation sites is 1. The Morgan fingerprint density at radius 2 is 1.50 bits per heavy atom. The first kappa shape index (κ1) is 19.9. The van der Waals surface area contributed by atoms with Gasteiger partial charge in [-0.2, -0.15) is 0 Å². The molecule has 1 aliphatic rings. The van der Waals surface area contributed by atoms with Crippen LogP contribution in [0.25, 0.3) is 0 Å². The number of amides is 1. The molecule has 2 aromatic carbocycles. The zero-order chi connectivity index (χ0) is 20.1. The average molecular weight is 381 g/mol. The first-order valence-electron chi connectivity index (χ1n) is 9.82. The van der Waals surface area contributed by atoms with Crippen LogP contribution < -0.4 is 4.74 Å². The predicted octanol–water partition coefficient (Wildman–Crippen LogP) is 4.81. The molecule has 1 fully saturated rings. The first-order chi connectivity index (χ1) is 13.5. The topological polar surface area (TPSA) is 55.8 Å². The average Bonchev–Trinajstić information content (AvgIpc) is 2.69. The first-order valence-corrected chi connectivity index (χ1v) is 9.82. The molecule has 0 N–H and O–H groups in total. The maximum atomic E-state index is 12.8. The highest BCUT2D eigenvalue weighted by Crippen LogP contribution is 2.24. The number of esters is 1. The molecule has 0 bridgehead atoms. The van der Waals surface area contributed by atoms with E-state index in [1.165, 1.54) is 0 Å². The molecule has 0 spiro atoms. The van der Waals surface area contributed by atoms with E-state index in [1.54, 1.807) is 31.2 Å². The third-order valence-corrected chi connectivity index (χ3v) is 5.15. The van der Waals surface area contributed by atoms with Crippen molar-refractivity contribution in [2.75, 3.05) is 0 Å². The van der Waals surface area contributed by atoms with E-state index < -0.39 is 12.1 Å². The fourth-order valence-corrected chi connectivity index (χ4v) is 3.63. The van der Waals surface area contributed by atoms with Gasteiger partial charge in [-0.25, -0.2) is 4.79 Å². The molecule has 1 saturated heterocycles. The van der Waals surface area contributed by atoms with Gasteiger partial charge in [0.15, 0.2) is 6.10 Å². The SMILES string of the molecule is C[C@@H](OC(=O)c1ccc(Oc2ccccc2)cc1)C(=O)N1[C@@H](C)CCC[C@@H]1C. The van der Waals surface area contributed by atoms with Crippen molar-refractivity contribution in [3.8, 4) is 11.5 Å². The summed E-state index contributed by atoms with van der Waals surface area (Å²) in [6, 6.07) is 16.5. The number of carbonyl (C=O) groups is 2. The van der Waals surface area contributed by atoms with Gasteiger partial charge < -0.3 is 14.4 Å². The molecule has 1 amide bonds. The minimum Gasteiger partial charge on any atom is -0.457 e. The van der Waals surface area contributed by atoms with Crippen LogP contribution in [0.4, 0.5) is 0 Å². The van der Waals surface area contributed by atoms with Crippen LogP contribution in [0.1, 0.15) is 50.4 Å². The lowest BCUT2D eigenvalue weighted by molar-refractivity contribution is -0.146. The van der Waals surface area contributed by atoms with Gasteiger partial charge >= 0.3 is 5.97 Å². The van der Waals surface area contributed by atoms with Crippen molar-refractivity contribution in [1.82, 2.24) is 4.90 Å². The summed E-state index contributed by atoms with van der Waals surface area (Å²) < 4.78 is 11.2. The summed E-state index contributed by atoms with van der Waals surface area (Å²) in [5.74, 6) is 0.714. The number of likely N-dealkylation sites (tertiary alicyclic amines) is 1. The van der Waals surface area contributed by atoms with Gasteiger partial charge in [0.1, 0.15) is 11.5 Å². The number of nitrogens with zero attached hydrogens (tertiary/aromatic N) is 1. The van der Waals surface area contributed by atoms with Crippen molar-refractivity contribution in [1.29, 1.82) is 0 Å². The summed E-state index contributed by atoms with van der Waals surface area (Å²) in [5, 5.41) is 0. The Morgan fingerprint density at radius 1 is 0.929 bits per heavy atom. The van der Waals surface area contributed by atoms with Crippen molar-refractivity contribution in [3.05, 3.63) is 60.2 Å². The Kier molecular flexibility index (Phi) is 6.34. The van der Waals surface area contributed by atoms with Crippen LogP contribution in [0, 0.1) is 0 Å². The molecule has 28 heavy (non-hydrogen) atoms. The Bertz CT molecular complexity index is 793. The highest BCUT2D eigenvalue weighted by molar-refractivity contribution is 5.92. The minimum atomic E-state index is -0.809. The molecular formula is C23H27NO4. The van der Waals surface area contributed by atoms with E-state index in [9.17, 15) is 9.59 Å². The van der Waals surface area contributed by atoms with Crippen LogP contribution in [-0.4, -0.2) is 35.0 Å². The Labute approximate surface area is 166 Å². The van der Waals surface area contributed by atoms with Gasteiger partial charge in [-0.15, -0.1) is 0 Å². The van der Waals surface area contributed by atoms with Crippen LogP contribution in [0.15, 0.2) is 54.6 Å². The van der Waals surface area contributed by atoms with Gasteiger partial charge in [-0.1, -0.05) is 18.2 Å². The standard InChI is InChI=1S/C23H27NO4/c1-16-8-7-9-17(2)24(16)22(25)18(3)27-23(26)19-12-14-21(15-13-19)28-20-10-5-4-6-11-20/h4-6,10-18H,7-9H2,1-3H3/t16-,17-,18+/m0/s1. The van der Waals surface area contributed by atoms with Gasteiger partial charge in [0, 0.05) is 12.1 Å². The molecule has 3 rings (SSSR count). The molecule has 5 heteroatoms. The minimum absolute atomic E-state index is 0.128. The molecule has 5 nitrogen and oxygen atoms in total. The van der Waals surface area contributed by atoms with Gasteiger partial charge in [0.05, 0.1) is 5.56 Å². The van der Waals surface area contributed by atoms with E-state index in [1.807, 2.05) is 49.1 Å². The van der Waals surface area contributed by atoms with Gasteiger partial charge in [-0.3, -0.25) is 4.79 Å². The van der Waals surface area contributed by atoms with Crippen LogP contribution in [0.5, 0.6) is 11.5 Å². The molecule has 0 aliphatic carbocycles. The second kappa shape index (κ2) is 8.91. The third-order valence-electron chi connectivity index (χ3n) is 5.15. The van der Waals surface area contributed by atoms with E-state index >= 15 is 0 Å². The summed E-state index contributed by atoms with van der Waals surface area (Å²) in [7, 11) is 0. The fourth-order valence-electron chi connectivity index (χ4n) is 3.63. The van der Waals surface area contributed by atoms with Crippen LogP contribution in [-0.2, 0) is 9.53 Å². The number of benzene rings is 2. The Balaban J connectivity index is 1.60. The summed E-state index contributed by atoms with van der Waals surface area (Å²) in [5.41, 5.74) is 0.389. The molecule has 0 radical (unpaired) electrons. The van der Waals surface area contributed by atoms with Crippen LogP contribution in [0.3, 0.4) is 0 Å². The number of ether oxygens (including phenoxy) is 2. The summed E-state index contributed by atoms with van der Waals surface area (Å²) in [6.07, 6.45) is 2.28. The monoisotopic (exact) mass is 381 g/mol. The second-order valence-corrected chi connectivity index (χ2v) is 7.36. The summed E-state index contributed by atoms with van der Waals surface area (Å²) in [4.78, 5) is 27.1. The zero-order valence-corrected chi connectivity index (χ0v) is 16.6. The number of hydrogen-bond donors (Lipinski definition) is 0. The van der Waals surface area contributed by atoms with Crippen molar-refractivity contribution >= 4 is 11.9 Å². The zero-order valence-electron chi connectivity index (χ0n) is 16.6. The van der Waals surface area contributed by atoms with Crippen molar-refractivity contribution in [3.63, 3.8) is 0 Å². The van der Waals surface area contributed by atoms with Gasteiger partial charge in [0.25, 0.3) is 5.91 Å². The lowest BCUT2D eigenvalue weighted by atomic mass is 9.97. The molecule has 1 aliphatic heterocycles. The Morgan fingerprint density at radius 3 is 2.11 bits per heavy atom. The maximum Gasteiger partial charge on any atom is 0.338 e. The summed E-state index contributed by atoms with van der Waals surface area (Å²) in [6.45, 7) is 5.74. The predicted molar refractivity (Wildman–Crippen MR) is 107 cm³/mol. The molecule has 1 heterocycles. The van der Waals surface area contributed by atoms with E-state index in [0.717, 1.165) is 25.0 Å². The normalized spacial score (nSPS) is 20.3. The van der Waals surface area contributed by atoms with Crippen LogP contribution in [0.2, 0.25) is 0 Å². The second-order valence-electron chi connectivity index (χ2n) is 7.36. The number of carbonyl (C=O) groups excluding carboxylic acids is 2. The molecule has 3 atom stereocenters. The molecular weight excluding hydrogens is 354 g/mol. The lowest BCUT2D eigenvalue weighted by Gasteiger charge is -2.40. The molecule has 2 aromatic rings. The van der Waals surface area contributed by atoms with Crippen molar-refractivity contribution in [2.45, 2.75) is 58.2 Å². The van der Waals surface area contributed by atoms with Crippen molar-refractivity contribution in [2.24, 2.45) is 0 Å². The number of piperidine rings is 1. The largest absolute Gasteiger partial charge is 0.457 e. The molecule has 0 saturated carbocycles. The summed E-state index contributed by atoms with van der Waals surface area (Å²) >= 11 is 0. The quantitative estimate of drug-likeness (QED) is 0.697. The van der Waals surface area contributed by atoms with E-state index in [2.05, 4.69) is 0 Å². The smallest absolute Gasteiger partial charge is 0.338 e. The van der Waals surface area contributed by atoms with Crippen molar-refractivity contribution < 1.29 is 19.1 Å². The number of hydrogen-bond acceptors (Lipinski definition) is 4. The highest BCUT2D eigenvalue weighted by atomic mass is 16.5. The maximum absolute atomic E-state index is 12.8. The van der Waals surface area contributed by atoms with Crippen LogP contribution >= 0.6 is 0 Å². The molecule has 0 aromatic heterocycles. The lowest BCUT2D eigenvalue weighted by Crippen LogP contribution is -2.51. The van der Waals surface area contributed by atoms with Gasteiger partial charge in [-0.05, 0) is 76.4 Å². The molecule has 0 unspecified atom stereocenters. The van der Waals surface area contributed by atoms with E-state index in [4.69, 9.17) is 9.47 Å². The van der Waals surface area contributed by atoms with Gasteiger partial charge in [0.2, 0.25) is 0 Å².